The number of nitrogens with one attached hydrogen (secondary N) is 1. The van der Waals surface area contributed by atoms with Crippen LogP contribution in [0, 0.1) is 0 Å². The zero-order chi connectivity index (χ0) is 17.4. The Morgan fingerprint density at radius 3 is 2.68 bits per heavy atom. The van der Waals surface area contributed by atoms with Crippen LogP contribution in [0.25, 0.3) is 0 Å². The smallest absolute Gasteiger partial charge is 0.407 e. The van der Waals surface area contributed by atoms with Gasteiger partial charge in [0.1, 0.15) is 18.7 Å². The molecule has 25 heavy (non-hydrogen) atoms. The quantitative estimate of drug-likeness (QED) is 0.884. The topological polar surface area (TPSA) is 79.0 Å². The van der Waals surface area contributed by atoms with Gasteiger partial charge >= 0.3 is 6.09 Å². The molecule has 0 aliphatic carbocycles. The number of ether oxygens (including phenoxy) is 1. The molecule has 0 saturated carbocycles. The second-order valence-electron chi connectivity index (χ2n) is 6.83. The molecule has 0 bridgehead atoms. The first-order chi connectivity index (χ1) is 12.1. The number of rotatable bonds is 3. The van der Waals surface area contributed by atoms with E-state index in [-0.39, 0.29) is 30.5 Å². The van der Waals surface area contributed by atoms with E-state index in [0.29, 0.717) is 19.5 Å². The molecule has 7 nitrogen and oxygen atoms in total. The lowest BCUT2D eigenvalue weighted by Gasteiger charge is -2.38. The summed E-state index contributed by atoms with van der Waals surface area (Å²) < 4.78 is 5.22. The summed E-state index contributed by atoms with van der Waals surface area (Å²) in [7, 11) is 0. The number of hydrogen-bond acceptors (Lipinski definition) is 4. The zero-order valence-electron chi connectivity index (χ0n) is 13.9. The summed E-state index contributed by atoms with van der Waals surface area (Å²) in [5.41, 5.74) is 0.910. The Morgan fingerprint density at radius 2 is 1.88 bits per heavy atom. The molecule has 0 spiro atoms. The Kier molecular flexibility index (Phi) is 4.07. The summed E-state index contributed by atoms with van der Waals surface area (Å²) in [5, 5.41) is 2.79. The number of carbonyl (C=O) groups excluding carboxylic acids is 3. The van der Waals surface area contributed by atoms with E-state index in [1.54, 1.807) is 9.80 Å². The summed E-state index contributed by atoms with van der Waals surface area (Å²) in [4.78, 5) is 40.5. The summed E-state index contributed by atoms with van der Waals surface area (Å²) in [6.45, 7) is 1.23. The molecule has 1 aromatic rings. The van der Waals surface area contributed by atoms with E-state index in [9.17, 15) is 14.4 Å². The molecule has 4 rings (SSSR count). The van der Waals surface area contributed by atoms with Gasteiger partial charge in [-0.05, 0) is 24.8 Å². The molecular weight excluding hydrogens is 322 g/mol. The maximum absolute atomic E-state index is 12.6. The van der Waals surface area contributed by atoms with Crippen LogP contribution in [0.5, 0.6) is 0 Å². The second-order valence-corrected chi connectivity index (χ2v) is 6.83. The molecule has 3 fully saturated rings. The number of hydrogen-bond donors (Lipinski definition) is 1. The van der Waals surface area contributed by atoms with Crippen molar-refractivity contribution in [2.24, 2.45) is 0 Å². The Balaban J connectivity index is 1.34. The highest BCUT2D eigenvalue weighted by atomic mass is 16.5. The molecule has 3 heterocycles. The minimum atomic E-state index is -0.519. The average Bonchev–Trinajstić information content (AvgIpc) is 3.26. The van der Waals surface area contributed by atoms with E-state index in [4.69, 9.17) is 4.74 Å². The maximum Gasteiger partial charge on any atom is 0.407 e. The van der Waals surface area contributed by atoms with Crippen LogP contribution in [0.4, 0.5) is 4.79 Å². The Hall–Kier alpha value is -2.57. The number of fused-ring (bicyclic) bond motifs is 2. The van der Waals surface area contributed by atoms with Crippen LogP contribution >= 0.6 is 0 Å². The third-order valence-corrected chi connectivity index (χ3v) is 5.22. The van der Waals surface area contributed by atoms with Crippen LogP contribution in [0.3, 0.4) is 0 Å². The van der Waals surface area contributed by atoms with E-state index in [2.05, 4.69) is 5.32 Å². The van der Waals surface area contributed by atoms with E-state index in [1.807, 2.05) is 30.3 Å². The van der Waals surface area contributed by atoms with Gasteiger partial charge in [-0.1, -0.05) is 30.3 Å². The molecule has 1 aromatic carbocycles. The molecule has 3 amide bonds. The third kappa shape index (κ3) is 2.94. The van der Waals surface area contributed by atoms with Crippen LogP contribution < -0.4 is 5.32 Å². The molecule has 0 radical (unpaired) electrons. The summed E-state index contributed by atoms with van der Waals surface area (Å²) >= 11 is 0. The fourth-order valence-corrected chi connectivity index (χ4v) is 4.02. The van der Waals surface area contributed by atoms with Crippen molar-refractivity contribution >= 4 is 17.9 Å². The first-order valence-electron chi connectivity index (χ1n) is 8.71. The normalized spacial score (nSPS) is 27.9. The van der Waals surface area contributed by atoms with Gasteiger partial charge in [-0.2, -0.15) is 0 Å². The van der Waals surface area contributed by atoms with Crippen molar-refractivity contribution in [3.8, 4) is 0 Å². The van der Waals surface area contributed by atoms with Crippen molar-refractivity contribution in [1.29, 1.82) is 0 Å². The first-order valence-corrected chi connectivity index (χ1v) is 8.71. The molecule has 0 aromatic heterocycles. The Bertz CT molecular complexity index is 663. The zero-order valence-corrected chi connectivity index (χ0v) is 13.9. The highest BCUT2D eigenvalue weighted by Gasteiger charge is 2.51. The van der Waals surface area contributed by atoms with Crippen LogP contribution in [-0.4, -0.2) is 58.9 Å². The van der Waals surface area contributed by atoms with Crippen LogP contribution in [-0.2, 0) is 20.9 Å². The minimum Gasteiger partial charge on any atom is -0.445 e. The van der Waals surface area contributed by atoms with Gasteiger partial charge in [0.05, 0.1) is 6.04 Å². The number of amides is 3. The number of carbonyl (C=O) groups is 3. The third-order valence-electron chi connectivity index (χ3n) is 5.22. The standard InChI is InChI=1S/C18H21N3O4/c22-16-14-7-4-8-20(14)17(23)15-9-13(10-21(15)16)19-18(24)25-11-12-5-2-1-3-6-12/h1-3,5-6,13-15H,4,7-11H2,(H,19,24)/t13-,14+,15-/m0/s1. The van der Waals surface area contributed by atoms with E-state index < -0.39 is 12.1 Å². The van der Waals surface area contributed by atoms with Crippen molar-refractivity contribution in [1.82, 2.24) is 15.1 Å². The van der Waals surface area contributed by atoms with Gasteiger partial charge in [0, 0.05) is 13.1 Å². The molecular formula is C18H21N3O4. The fraction of sp³-hybridized carbons (Fsp3) is 0.500. The van der Waals surface area contributed by atoms with Crippen molar-refractivity contribution in [3.05, 3.63) is 35.9 Å². The summed E-state index contributed by atoms with van der Waals surface area (Å²) in [6, 6.07) is 8.44. The lowest BCUT2D eigenvalue weighted by atomic mass is 10.1. The molecule has 3 aliphatic rings. The van der Waals surface area contributed by atoms with E-state index in [1.165, 1.54) is 0 Å². The second kappa shape index (κ2) is 6.38. The van der Waals surface area contributed by atoms with Crippen molar-refractivity contribution in [2.45, 2.75) is 44.0 Å². The van der Waals surface area contributed by atoms with Gasteiger partial charge in [-0.15, -0.1) is 0 Å². The van der Waals surface area contributed by atoms with Crippen molar-refractivity contribution in [3.63, 3.8) is 0 Å². The van der Waals surface area contributed by atoms with Crippen LogP contribution in [0.1, 0.15) is 24.8 Å². The van der Waals surface area contributed by atoms with Gasteiger partial charge in [0.2, 0.25) is 11.8 Å². The number of piperazine rings is 1. The van der Waals surface area contributed by atoms with E-state index in [0.717, 1.165) is 18.4 Å². The van der Waals surface area contributed by atoms with Gasteiger partial charge in [0.15, 0.2) is 0 Å². The Labute approximate surface area is 145 Å². The minimum absolute atomic E-state index is 0.0176. The number of benzene rings is 1. The molecule has 0 unspecified atom stereocenters. The van der Waals surface area contributed by atoms with E-state index >= 15 is 0 Å². The monoisotopic (exact) mass is 343 g/mol. The number of nitrogens with zero attached hydrogens (tertiary/aromatic N) is 2. The molecule has 132 valence electrons. The predicted molar refractivity (Wildman–Crippen MR) is 88.4 cm³/mol. The highest BCUT2D eigenvalue weighted by molar-refractivity contribution is 5.98. The summed E-state index contributed by atoms with van der Waals surface area (Å²) in [5.74, 6) is 0.0353. The lowest BCUT2D eigenvalue weighted by molar-refractivity contribution is -0.156. The van der Waals surface area contributed by atoms with Gasteiger partial charge < -0.3 is 19.9 Å². The van der Waals surface area contributed by atoms with Crippen LogP contribution in [0.15, 0.2) is 30.3 Å². The maximum atomic E-state index is 12.6. The molecule has 1 N–H and O–H groups in total. The van der Waals surface area contributed by atoms with Crippen LogP contribution in [0.2, 0.25) is 0 Å². The lowest BCUT2D eigenvalue weighted by Crippen LogP contribution is -2.60. The largest absolute Gasteiger partial charge is 0.445 e. The Morgan fingerprint density at radius 1 is 1.12 bits per heavy atom. The molecule has 7 heteroatoms. The van der Waals surface area contributed by atoms with Gasteiger partial charge in [-0.3, -0.25) is 9.59 Å². The summed E-state index contributed by atoms with van der Waals surface area (Å²) in [6.07, 6.45) is 1.56. The molecule has 3 aliphatic heterocycles. The van der Waals surface area contributed by atoms with Gasteiger partial charge in [-0.25, -0.2) is 4.79 Å². The highest BCUT2D eigenvalue weighted by Crippen LogP contribution is 2.32. The SMILES string of the molecule is O=C(N[C@H]1C[C@H]2C(=O)N3CCC[C@@H]3C(=O)N2C1)OCc1ccccc1. The van der Waals surface area contributed by atoms with Crippen molar-refractivity contribution < 1.29 is 19.1 Å². The average molecular weight is 343 g/mol. The first kappa shape index (κ1) is 15.9. The molecule has 3 saturated heterocycles. The molecule has 3 atom stereocenters. The predicted octanol–water partition coefficient (Wildman–Crippen LogP) is 0.887. The number of alkyl carbamates (subject to hydrolysis) is 1. The van der Waals surface area contributed by atoms with Gasteiger partial charge in [0.25, 0.3) is 0 Å². The fourth-order valence-electron chi connectivity index (χ4n) is 4.02. The van der Waals surface area contributed by atoms with Crippen molar-refractivity contribution in [2.75, 3.05) is 13.1 Å².